The van der Waals surface area contributed by atoms with Crippen LogP contribution in [-0.4, -0.2) is 42.9 Å². The van der Waals surface area contributed by atoms with Gasteiger partial charge in [-0.1, -0.05) is 0 Å². The van der Waals surface area contributed by atoms with Crippen molar-refractivity contribution in [2.24, 2.45) is 5.92 Å². The minimum absolute atomic E-state index is 0.110. The van der Waals surface area contributed by atoms with Gasteiger partial charge in [0, 0.05) is 19.4 Å². The van der Waals surface area contributed by atoms with Crippen molar-refractivity contribution in [2.75, 3.05) is 26.2 Å². The summed E-state index contributed by atoms with van der Waals surface area (Å²) < 4.78 is 25.7. The Morgan fingerprint density at radius 1 is 1.53 bits per heavy atom. The van der Waals surface area contributed by atoms with Crippen LogP contribution in [0.1, 0.15) is 19.3 Å². The molecule has 2 heterocycles. The minimum Gasteiger partial charge on any atom is -0.336 e. The second kappa shape index (κ2) is 4.04. The van der Waals surface area contributed by atoms with Crippen molar-refractivity contribution in [3.05, 3.63) is 0 Å². The van der Waals surface area contributed by atoms with Crippen LogP contribution >= 0.6 is 0 Å². The van der Waals surface area contributed by atoms with Crippen molar-refractivity contribution in [1.82, 2.24) is 10.2 Å². The summed E-state index contributed by atoms with van der Waals surface area (Å²) in [7, 11) is 0. The number of nitrogens with one attached hydrogen (secondary N) is 1. The maximum Gasteiger partial charge on any atom is 0.267 e. The summed E-state index contributed by atoms with van der Waals surface area (Å²) in [6.45, 7) is 1.61. The summed E-state index contributed by atoms with van der Waals surface area (Å²) in [5.74, 6) is -2.43. The molecule has 0 aromatic carbocycles. The molecule has 1 unspecified atom stereocenters. The number of hydrogen-bond donors (Lipinski definition) is 1. The molecule has 2 rings (SSSR count). The van der Waals surface area contributed by atoms with Crippen molar-refractivity contribution in [3.8, 4) is 0 Å². The molecule has 0 aromatic heterocycles. The standard InChI is InChI=1S/C10H16F2N2O/c11-10(12)2-4-14(7-10)9(15)5-8-1-3-13-6-8/h8,13H,1-7H2. The lowest BCUT2D eigenvalue weighted by Gasteiger charge is -2.17. The number of rotatable bonds is 2. The lowest BCUT2D eigenvalue weighted by atomic mass is 10.0. The average molecular weight is 218 g/mol. The van der Waals surface area contributed by atoms with E-state index < -0.39 is 5.92 Å². The Morgan fingerprint density at radius 3 is 2.87 bits per heavy atom. The summed E-state index contributed by atoms with van der Waals surface area (Å²) in [5, 5.41) is 3.17. The van der Waals surface area contributed by atoms with Crippen LogP contribution in [0.15, 0.2) is 0 Å². The van der Waals surface area contributed by atoms with Crippen molar-refractivity contribution < 1.29 is 13.6 Å². The van der Waals surface area contributed by atoms with Crippen LogP contribution in [0.2, 0.25) is 0 Å². The smallest absolute Gasteiger partial charge is 0.267 e. The second-order valence-corrected chi connectivity index (χ2v) is 4.48. The minimum atomic E-state index is -2.66. The Morgan fingerprint density at radius 2 is 2.33 bits per heavy atom. The maximum atomic E-state index is 12.9. The summed E-state index contributed by atoms with van der Waals surface area (Å²) in [6, 6.07) is 0. The summed E-state index contributed by atoms with van der Waals surface area (Å²) in [4.78, 5) is 13.0. The van der Waals surface area contributed by atoms with Gasteiger partial charge in [-0.25, -0.2) is 8.78 Å². The zero-order valence-corrected chi connectivity index (χ0v) is 8.64. The predicted molar refractivity (Wildman–Crippen MR) is 51.7 cm³/mol. The Bertz CT molecular complexity index is 252. The van der Waals surface area contributed by atoms with Crippen molar-refractivity contribution in [1.29, 1.82) is 0 Å². The molecule has 1 atom stereocenters. The van der Waals surface area contributed by atoms with E-state index in [1.54, 1.807) is 0 Å². The largest absolute Gasteiger partial charge is 0.336 e. The van der Waals surface area contributed by atoms with E-state index in [-0.39, 0.29) is 25.4 Å². The van der Waals surface area contributed by atoms with E-state index in [2.05, 4.69) is 5.32 Å². The van der Waals surface area contributed by atoms with Gasteiger partial charge in [0.1, 0.15) is 0 Å². The van der Waals surface area contributed by atoms with Gasteiger partial charge in [0.2, 0.25) is 5.91 Å². The molecule has 2 aliphatic heterocycles. The fourth-order valence-electron chi connectivity index (χ4n) is 2.21. The quantitative estimate of drug-likeness (QED) is 0.745. The maximum absolute atomic E-state index is 12.9. The third-order valence-electron chi connectivity index (χ3n) is 3.15. The second-order valence-electron chi connectivity index (χ2n) is 4.48. The number of nitrogens with zero attached hydrogens (tertiary/aromatic N) is 1. The molecule has 2 saturated heterocycles. The van der Waals surface area contributed by atoms with Crippen LogP contribution in [-0.2, 0) is 4.79 Å². The molecule has 2 fully saturated rings. The van der Waals surface area contributed by atoms with Gasteiger partial charge >= 0.3 is 0 Å². The van der Waals surface area contributed by atoms with Gasteiger partial charge in [0.25, 0.3) is 5.92 Å². The van der Waals surface area contributed by atoms with Crippen molar-refractivity contribution in [2.45, 2.75) is 25.2 Å². The van der Waals surface area contributed by atoms with E-state index in [1.807, 2.05) is 0 Å². The number of likely N-dealkylation sites (tertiary alicyclic amines) is 1. The Balaban J connectivity index is 1.81. The fourth-order valence-corrected chi connectivity index (χ4v) is 2.21. The van der Waals surface area contributed by atoms with E-state index in [0.717, 1.165) is 19.5 Å². The Hall–Kier alpha value is -0.710. The monoisotopic (exact) mass is 218 g/mol. The highest BCUT2D eigenvalue weighted by Gasteiger charge is 2.40. The van der Waals surface area contributed by atoms with E-state index in [4.69, 9.17) is 0 Å². The molecule has 0 spiro atoms. The third kappa shape index (κ3) is 2.65. The van der Waals surface area contributed by atoms with Gasteiger partial charge in [0.05, 0.1) is 6.54 Å². The summed E-state index contributed by atoms with van der Waals surface area (Å²) >= 11 is 0. The molecule has 3 nitrogen and oxygen atoms in total. The van der Waals surface area contributed by atoms with Gasteiger partial charge < -0.3 is 10.2 Å². The average Bonchev–Trinajstić information content (AvgIpc) is 2.74. The van der Waals surface area contributed by atoms with Crippen LogP contribution in [0.4, 0.5) is 8.78 Å². The highest BCUT2D eigenvalue weighted by molar-refractivity contribution is 5.76. The number of hydrogen-bond acceptors (Lipinski definition) is 2. The Labute approximate surface area is 87.8 Å². The van der Waals surface area contributed by atoms with Crippen LogP contribution in [0.5, 0.6) is 0 Å². The molecule has 0 bridgehead atoms. The van der Waals surface area contributed by atoms with E-state index in [9.17, 15) is 13.6 Å². The molecule has 0 saturated carbocycles. The Kier molecular flexibility index (Phi) is 2.91. The third-order valence-corrected chi connectivity index (χ3v) is 3.15. The number of alkyl halides is 2. The SMILES string of the molecule is O=C(CC1CCNC1)N1CCC(F)(F)C1. The molecule has 1 amide bonds. The van der Waals surface area contributed by atoms with Crippen LogP contribution in [0, 0.1) is 5.92 Å². The van der Waals surface area contributed by atoms with Crippen molar-refractivity contribution in [3.63, 3.8) is 0 Å². The molecule has 15 heavy (non-hydrogen) atoms. The van der Waals surface area contributed by atoms with Crippen LogP contribution < -0.4 is 5.32 Å². The first-order valence-corrected chi connectivity index (χ1v) is 5.43. The van der Waals surface area contributed by atoms with Crippen LogP contribution in [0.3, 0.4) is 0 Å². The van der Waals surface area contributed by atoms with E-state index in [1.165, 1.54) is 4.90 Å². The number of carbonyl (C=O) groups excluding carboxylic acids is 1. The van der Waals surface area contributed by atoms with Gasteiger partial charge in [0.15, 0.2) is 0 Å². The first-order chi connectivity index (χ1) is 7.07. The van der Waals surface area contributed by atoms with Crippen LogP contribution in [0.25, 0.3) is 0 Å². The molecule has 0 radical (unpaired) electrons. The van der Waals surface area contributed by atoms with Gasteiger partial charge in [-0.2, -0.15) is 0 Å². The van der Waals surface area contributed by atoms with Gasteiger partial charge in [-0.05, 0) is 25.4 Å². The zero-order valence-electron chi connectivity index (χ0n) is 8.64. The molecule has 2 aliphatic rings. The number of amides is 1. The molecule has 5 heteroatoms. The topological polar surface area (TPSA) is 32.3 Å². The summed E-state index contributed by atoms with van der Waals surface area (Å²) in [6.07, 6.45) is 1.22. The number of carbonyl (C=O) groups is 1. The van der Waals surface area contributed by atoms with E-state index >= 15 is 0 Å². The normalized spacial score (nSPS) is 29.7. The number of halogens is 2. The lowest BCUT2D eigenvalue weighted by Crippen LogP contribution is -2.32. The first kappa shape index (κ1) is 10.8. The fraction of sp³-hybridized carbons (Fsp3) is 0.900. The molecule has 0 aliphatic carbocycles. The zero-order chi connectivity index (χ0) is 10.9. The molecule has 86 valence electrons. The highest BCUT2D eigenvalue weighted by Crippen LogP contribution is 2.28. The highest BCUT2D eigenvalue weighted by atomic mass is 19.3. The first-order valence-electron chi connectivity index (χ1n) is 5.43. The van der Waals surface area contributed by atoms with Crippen molar-refractivity contribution >= 4 is 5.91 Å². The predicted octanol–water partition coefficient (Wildman–Crippen LogP) is 0.854. The molecule has 0 aromatic rings. The van der Waals surface area contributed by atoms with Gasteiger partial charge in [-0.15, -0.1) is 0 Å². The lowest BCUT2D eigenvalue weighted by molar-refractivity contribution is -0.132. The van der Waals surface area contributed by atoms with E-state index in [0.29, 0.717) is 12.3 Å². The van der Waals surface area contributed by atoms with Gasteiger partial charge in [-0.3, -0.25) is 4.79 Å². The molecular formula is C10H16F2N2O. The molecular weight excluding hydrogens is 202 g/mol. The molecule has 1 N–H and O–H groups in total. The summed E-state index contributed by atoms with van der Waals surface area (Å²) in [5.41, 5.74) is 0.